The van der Waals surface area contributed by atoms with Gasteiger partial charge in [-0.05, 0) is 12.1 Å². The van der Waals surface area contributed by atoms with Crippen LogP contribution in [0, 0.1) is 0 Å². The highest BCUT2D eigenvalue weighted by atomic mass is 32.2. The molecule has 0 bridgehead atoms. The molecule has 0 spiro atoms. The topological polar surface area (TPSA) is 131 Å². The number of rotatable bonds is 7. The molecule has 27 heavy (non-hydrogen) atoms. The number of ether oxygens (including phenoxy) is 2. The number of amides is 2. The first-order chi connectivity index (χ1) is 12.8. The number of sulfonamides is 1. The molecule has 11 heteroatoms. The molecule has 2 amide bonds. The summed E-state index contributed by atoms with van der Waals surface area (Å²) >= 11 is 0. The maximum atomic E-state index is 12.8. The van der Waals surface area contributed by atoms with Crippen LogP contribution in [0.2, 0.25) is 0 Å². The average Bonchev–Trinajstić information content (AvgIpc) is 2.71. The van der Waals surface area contributed by atoms with Crippen molar-refractivity contribution in [2.24, 2.45) is 5.84 Å². The van der Waals surface area contributed by atoms with Crippen LogP contribution < -0.4 is 20.7 Å². The Kier molecular flexibility index (Phi) is 6.99. The first-order valence-electron chi connectivity index (χ1n) is 8.33. The number of hydrogen-bond acceptors (Lipinski definition) is 7. The lowest BCUT2D eigenvalue weighted by Gasteiger charge is -2.34. The Labute approximate surface area is 158 Å². The summed E-state index contributed by atoms with van der Waals surface area (Å²) in [6.45, 7) is 0.863. The molecule has 150 valence electrons. The van der Waals surface area contributed by atoms with Gasteiger partial charge in [0.15, 0.2) is 11.5 Å². The zero-order chi connectivity index (χ0) is 20.0. The highest BCUT2D eigenvalue weighted by Gasteiger charge is 2.30. The molecule has 3 N–H and O–H groups in total. The summed E-state index contributed by atoms with van der Waals surface area (Å²) in [6.07, 6.45) is 0.0327. The zero-order valence-electron chi connectivity index (χ0n) is 15.3. The molecule has 1 fully saturated rings. The predicted molar refractivity (Wildman–Crippen MR) is 96.4 cm³/mol. The van der Waals surface area contributed by atoms with Crippen LogP contribution in [-0.2, 0) is 19.6 Å². The van der Waals surface area contributed by atoms with Gasteiger partial charge in [0, 0.05) is 45.1 Å². The maximum absolute atomic E-state index is 12.8. The molecular weight excluding hydrogens is 376 g/mol. The Morgan fingerprint density at radius 1 is 1.07 bits per heavy atom. The molecule has 0 unspecified atom stereocenters. The molecule has 0 aliphatic carbocycles. The zero-order valence-corrected chi connectivity index (χ0v) is 16.1. The van der Waals surface area contributed by atoms with Crippen molar-refractivity contribution in [3.63, 3.8) is 0 Å². The van der Waals surface area contributed by atoms with Gasteiger partial charge >= 0.3 is 0 Å². The number of hydrazine groups is 1. The van der Waals surface area contributed by atoms with E-state index in [1.807, 2.05) is 5.43 Å². The van der Waals surface area contributed by atoms with Gasteiger partial charge in [0.05, 0.1) is 19.1 Å². The van der Waals surface area contributed by atoms with Crippen molar-refractivity contribution in [1.82, 2.24) is 14.6 Å². The van der Waals surface area contributed by atoms with Gasteiger partial charge in [-0.25, -0.2) is 14.3 Å². The fraction of sp³-hybridized carbons (Fsp3) is 0.500. The summed E-state index contributed by atoms with van der Waals surface area (Å²) in [4.78, 5) is 24.9. The van der Waals surface area contributed by atoms with E-state index in [1.54, 1.807) is 4.90 Å². The van der Waals surface area contributed by atoms with E-state index in [1.165, 1.54) is 36.7 Å². The van der Waals surface area contributed by atoms with Crippen molar-refractivity contribution in [3.8, 4) is 11.5 Å². The van der Waals surface area contributed by atoms with Gasteiger partial charge in [-0.1, -0.05) is 0 Å². The molecule has 0 aromatic heterocycles. The molecule has 1 aromatic rings. The number of carbonyl (C=O) groups is 2. The van der Waals surface area contributed by atoms with E-state index in [2.05, 4.69) is 0 Å². The Balaban J connectivity index is 2.02. The lowest BCUT2D eigenvalue weighted by Crippen LogP contribution is -2.50. The van der Waals surface area contributed by atoms with E-state index in [0.29, 0.717) is 11.5 Å². The normalized spacial score (nSPS) is 15.3. The fourth-order valence-corrected chi connectivity index (χ4v) is 4.19. The molecule has 10 nitrogen and oxygen atoms in total. The van der Waals surface area contributed by atoms with Crippen molar-refractivity contribution in [2.45, 2.75) is 17.7 Å². The lowest BCUT2D eigenvalue weighted by atomic mass is 10.2. The minimum Gasteiger partial charge on any atom is -0.493 e. The Morgan fingerprint density at radius 2 is 1.70 bits per heavy atom. The molecule has 0 radical (unpaired) electrons. The van der Waals surface area contributed by atoms with Crippen LogP contribution in [-0.4, -0.2) is 69.8 Å². The predicted octanol–water partition coefficient (Wildman–Crippen LogP) is -0.693. The van der Waals surface area contributed by atoms with Gasteiger partial charge in [-0.3, -0.25) is 15.0 Å². The minimum absolute atomic E-state index is 0.000507. The van der Waals surface area contributed by atoms with Gasteiger partial charge in [0.2, 0.25) is 21.8 Å². The van der Waals surface area contributed by atoms with Crippen molar-refractivity contribution >= 4 is 21.8 Å². The second kappa shape index (κ2) is 9.02. The lowest BCUT2D eigenvalue weighted by molar-refractivity contribution is -0.134. The number of hydrogen-bond donors (Lipinski definition) is 2. The smallest absolute Gasteiger partial charge is 0.243 e. The van der Waals surface area contributed by atoms with E-state index in [4.69, 9.17) is 15.3 Å². The largest absolute Gasteiger partial charge is 0.493 e. The monoisotopic (exact) mass is 400 g/mol. The highest BCUT2D eigenvalue weighted by molar-refractivity contribution is 7.89. The average molecular weight is 400 g/mol. The van der Waals surface area contributed by atoms with Crippen LogP contribution in [0.3, 0.4) is 0 Å². The molecular formula is C16H24N4O6S. The SMILES string of the molecule is COc1ccc(S(=O)(=O)N2CCN(C(=O)CCC(=O)NN)CC2)cc1OC. The van der Waals surface area contributed by atoms with Crippen LogP contribution in [0.15, 0.2) is 23.1 Å². The summed E-state index contributed by atoms with van der Waals surface area (Å²) in [6, 6.07) is 4.41. The number of methoxy groups -OCH3 is 2. The van der Waals surface area contributed by atoms with E-state index >= 15 is 0 Å². The minimum atomic E-state index is -3.72. The summed E-state index contributed by atoms with van der Waals surface area (Å²) in [5, 5.41) is 0. The summed E-state index contributed by atoms with van der Waals surface area (Å²) in [7, 11) is -0.813. The van der Waals surface area contributed by atoms with Crippen LogP contribution in [0.5, 0.6) is 11.5 Å². The summed E-state index contributed by atoms with van der Waals surface area (Å²) < 4.78 is 37.3. The first-order valence-corrected chi connectivity index (χ1v) is 9.77. The number of benzene rings is 1. The first kappa shape index (κ1) is 20.9. The van der Waals surface area contributed by atoms with Crippen molar-refractivity contribution in [2.75, 3.05) is 40.4 Å². The standard InChI is InChI=1S/C16H24N4O6S/c1-25-13-4-3-12(11-14(13)26-2)27(23,24)20-9-7-19(8-10-20)16(22)6-5-15(21)18-17/h3-4,11H,5-10,17H2,1-2H3,(H,18,21). The van der Waals surface area contributed by atoms with Crippen LogP contribution >= 0.6 is 0 Å². The Morgan fingerprint density at radius 3 is 2.26 bits per heavy atom. The molecule has 1 heterocycles. The van der Waals surface area contributed by atoms with Crippen LogP contribution in [0.25, 0.3) is 0 Å². The molecule has 0 atom stereocenters. The van der Waals surface area contributed by atoms with E-state index < -0.39 is 15.9 Å². The van der Waals surface area contributed by atoms with Crippen LogP contribution in [0.4, 0.5) is 0 Å². The van der Waals surface area contributed by atoms with Crippen LogP contribution in [0.1, 0.15) is 12.8 Å². The summed E-state index contributed by atoms with van der Waals surface area (Å²) in [5.41, 5.74) is 1.97. The molecule has 1 aliphatic rings. The van der Waals surface area contributed by atoms with Crippen molar-refractivity contribution < 1.29 is 27.5 Å². The van der Waals surface area contributed by atoms with Gasteiger partial charge < -0.3 is 14.4 Å². The van der Waals surface area contributed by atoms with E-state index in [0.717, 1.165) is 0 Å². The number of piperazine rings is 1. The number of carbonyl (C=O) groups excluding carboxylic acids is 2. The summed E-state index contributed by atoms with van der Waals surface area (Å²) in [5.74, 6) is 5.12. The third-order valence-corrected chi connectivity index (χ3v) is 6.21. The third kappa shape index (κ3) is 4.87. The second-order valence-corrected chi connectivity index (χ2v) is 7.81. The third-order valence-electron chi connectivity index (χ3n) is 4.31. The van der Waals surface area contributed by atoms with Crippen molar-refractivity contribution in [1.29, 1.82) is 0 Å². The fourth-order valence-electron chi connectivity index (χ4n) is 2.75. The maximum Gasteiger partial charge on any atom is 0.243 e. The molecule has 0 saturated carbocycles. The molecule has 1 aromatic carbocycles. The molecule has 1 saturated heterocycles. The van der Waals surface area contributed by atoms with Gasteiger partial charge in [-0.2, -0.15) is 4.31 Å². The Bertz CT molecular complexity index is 790. The Hall–Kier alpha value is -2.37. The quantitative estimate of drug-likeness (QED) is 0.352. The molecule has 1 aliphatic heterocycles. The van der Waals surface area contributed by atoms with E-state index in [-0.39, 0.29) is 49.8 Å². The number of nitrogens with two attached hydrogens (primary N) is 1. The number of nitrogens with zero attached hydrogens (tertiary/aromatic N) is 2. The highest BCUT2D eigenvalue weighted by Crippen LogP contribution is 2.30. The van der Waals surface area contributed by atoms with Gasteiger partial charge in [0.25, 0.3) is 0 Å². The van der Waals surface area contributed by atoms with Gasteiger partial charge in [0.1, 0.15) is 0 Å². The van der Waals surface area contributed by atoms with Gasteiger partial charge in [-0.15, -0.1) is 0 Å². The second-order valence-electron chi connectivity index (χ2n) is 5.87. The van der Waals surface area contributed by atoms with Crippen molar-refractivity contribution in [3.05, 3.63) is 18.2 Å². The number of nitrogens with one attached hydrogen (secondary N) is 1. The van der Waals surface area contributed by atoms with E-state index in [9.17, 15) is 18.0 Å². The molecule has 2 rings (SSSR count).